The highest BCUT2D eigenvalue weighted by Crippen LogP contribution is 2.34. The van der Waals surface area contributed by atoms with Gasteiger partial charge in [-0.3, -0.25) is 4.79 Å². The number of carbonyl (C=O) groups excluding carboxylic acids is 1. The summed E-state index contributed by atoms with van der Waals surface area (Å²) in [6.07, 6.45) is 1.83. The van der Waals surface area contributed by atoms with E-state index < -0.39 is 5.41 Å². The number of rotatable bonds is 3. The first-order valence-corrected chi connectivity index (χ1v) is 7.43. The van der Waals surface area contributed by atoms with Crippen molar-refractivity contribution in [2.45, 2.75) is 32.3 Å². The molecule has 0 aromatic carbocycles. The van der Waals surface area contributed by atoms with Gasteiger partial charge in [0.1, 0.15) is 5.41 Å². The van der Waals surface area contributed by atoms with Crippen molar-refractivity contribution in [2.75, 3.05) is 33.4 Å². The number of amides is 1. The zero-order valence-corrected chi connectivity index (χ0v) is 12.7. The largest absolute Gasteiger partial charge is 0.409 e. The quantitative estimate of drug-likeness (QED) is 0.340. The van der Waals surface area contributed by atoms with Crippen LogP contribution < -0.4 is 5.73 Å². The molecule has 2 saturated heterocycles. The van der Waals surface area contributed by atoms with Crippen LogP contribution in [0.15, 0.2) is 5.16 Å². The summed E-state index contributed by atoms with van der Waals surface area (Å²) in [6, 6.07) is 0. The van der Waals surface area contributed by atoms with Crippen molar-refractivity contribution in [1.82, 2.24) is 4.90 Å². The molecule has 7 heteroatoms. The molecular formula is C14H25N3O4. The van der Waals surface area contributed by atoms with Crippen LogP contribution in [0.1, 0.15) is 26.2 Å². The van der Waals surface area contributed by atoms with E-state index in [1.165, 1.54) is 0 Å². The van der Waals surface area contributed by atoms with E-state index in [0.717, 1.165) is 6.42 Å². The molecule has 1 amide bonds. The van der Waals surface area contributed by atoms with Crippen LogP contribution in [-0.2, 0) is 14.3 Å². The van der Waals surface area contributed by atoms with Gasteiger partial charge in [-0.25, -0.2) is 0 Å². The fourth-order valence-corrected chi connectivity index (χ4v) is 3.22. The Bertz CT molecular complexity index is 407. The first-order valence-electron chi connectivity index (χ1n) is 7.43. The van der Waals surface area contributed by atoms with Crippen LogP contribution in [0.25, 0.3) is 0 Å². The zero-order valence-electron chi connectivity index (χ0n) is 12.7. The Labute approximate surface area is 125 Å². The number of carbonyl (C=O) groups is 1. The Kier molecular flexibility index (Phi) is 5.05. The third-order valence-electron chi connectivity index (χ3n) is 4.83. The number of likely N-dealkylation sites (tertiary alicyclic amines) is 1. The Morgan fingerprint density at radius 2 is 2.14 bits per heavy atom. The number of oxime groups is 1. The predicted octanol–water partition coefficient (Wildman–Crippen LogP) is 0.413. The number of ether oxygens (including phenoxy) is 2. The van der Waals surface area contributed by atoms with Crippen molar-refractivity contribution in [3.63, 3.8) is 0 Å². The number of piperidine rings is 1. The second kappa shape index (κ2) is 6.62. The highest BCUT2D eigenvalue weighted by Gasteiger charge is 2.47. The molecule has 0 aromatic rings. The van der Waals surface area contributed by atoms with Gasteiger partial charge in [-0.15, -0.1) is 0 Å². The lowest BCUT2D eigenvalue weighted by Gasteiger charge is -2.42. The molecule has 0 aromatic heterocycles. The lowest BCUT2D eigenvalue weighted by Crippen LogP contribution is -2.57. The summed E-state index contributed by atoms with van der Waals surface area (Å²) in [5.41, 5.74) is 4.91. The van der Waals surface area contributed by atoms with E-state index >= 15 is 0 Å². The van der Waals surface area contributed by atoms with Crippen LogP contribution in [0, 0.1) is 11.3 Å². The molecule has 0 radical (unpaired) electrons. The highest BCUT2D eigenvalue weighted by atomic mass is 16.5. The van der Waals surface area contributed by atoms with Crippen LogP contribution in [0.4, 0.5) is 0 Å². The van der Waals surface area contributed by atoms with E-state index in [1.807, 2.05) is 0 Å². The second-order valence-corrected chi connectivity index (χ2v) is 5.97. The first-order chi connectivity index (χ1) is 10.0. The summed E-state index contributed by atoms with van der Waals surface area (Å²) in [4.78, 5) is 14.8. The summed E-state index contributed by atoms with van der Waals surface area (Å²) in [6.45, 7) is 4.25. The van der Waals surface area contributed by atoms with E-state index in [-0.39, 0.29) is 17.8 Å². The van der Waals surface area contributed by atoms with Crippen molar-refractivity contribution in [3.8, 4) is 0 Å². The van der Waals surface area contributed by atoms with Gasteiger partial charge in [-0.1, -0.05) is 12.1 Å². The average molecular weight is 299 g/mol. The summed E-state index contributed by atoms with van der Waals surface area (Å²) < 4.78 is 10.8. The molecule has 0 saturated carbocycles. The van der Waals surface area contributed by atoms with Crippen LogP contribution in [0.5, 0.6) is 0 Å². The smallest absolute Gasteiger partial charge is 0.236 e. The minimum absolute atomic E-state index is 0.0108. The molecule has 2 heterocycles. The molecule has 120 valence electrons. The molecule has 2 rings (SSSR count). The first kappa shape index (κ1) is 16.0. The zero-order chi connectivity index (χ0) is 15.5. The second-order valence-electron chi connectivity index (χ2n) is 5.97. The highest BCUT2D eigenvalue weighted by molar-refractivity contribution is 6.06. The van der Waals surface area contributed by atoms with E-state index in [2.05, 4.69) is 12.1 Å². The lowest BCUT2D eigenvalue weighted by atomic mass is 9.77. The van der Waals surface area contributed by atoms with Gasteiger partial charge in [0.2, 0.25) is 5.91 Å². The fourth-order valence-electron chi connectivity index (χ4n) is 3.22. The summed E-state index contributed by atoms with van der Waals surface area (Å²) in [7, 11) is 1.67. The third kappa shape index (κ3) is 2.98. The van der Waals surface area contributed by atoms with Gasteiger partial charge in [0.15, 0.2) is 5.84 Å². The van der Waals surface area contributed by atoms with E-state index in [4.69, 9.17) is 20.4 Å². The van der Waals surface area contributed by atoms with Crippen molar-refractivity contribution in [3.05, 3.63) is 0 Å². The number of hydrogen-bond acceptors (Lipinski definition) is 5. The Hall–Kier alpha value is -1.34. The van der Waals surface area contributed by atoms with Gasteiger partial charge in [0.25, 0.3) is 0 Å². The molecule has 2 unspecified atom stereocenters. The monoisotopic (exact) mass is 299 g/mol. The van der Waals surface area contributed by atoms with Gasteiger partial charge >= 0.3 is 0 Å². The molecule has 2 aliphatic rings. The molecule has 2 aliphatic heterocycles. The van der Waals surface area contributed by atoms with Gasteiger partial charge in [0.05, 0.1) is 6.10 Å². The number of nitrogens with zero attached hydrogens (tertiary/aromatic N) is 2. The van der Waals surface area contributed by atoms with Gasteiger partial charge in [0, 0.05) is 33.4 Å². The molecule has 0 bridgehead atoms. The van der Waals surface area contributed by atoms with Crippen LogP contribution in [0.2, 0.25) is 0 Å². The van der Waals surface area contributed by atoms with Gasteiger partial charge in [-0.05, 0) is 25.2 Å². The van der Waals surface area contributed by atoms with Gasteiger partial charge < -0.3 is 25.3 Å². The van der Waals surface area contributed by atoms with E-state index in [1.54, 1.807) is 12.0 Å². The van der Waals surface area contributed by atoms with Gasteiger partial charge in [-0.2, -0.15) is 0 Å². The molecule has 0 spiro atoms. The Balaban J connectivity index is 2.19. The Morgan fingerprint density at radius 3 is 2.71 bits per heavy atom. The normalized spacial score (nSPS) is 30.2. The van der Waals surface area contributed by atoms with Crippen molar-refractivity contribution in [1.29, 1.82) is 0 Å². The number of amidine groups is 1. The summed E-state index contributed by atoms with van der Waals surface area (Å²) >= 11 is 0. The van der Waals surface area contributed by atoms with Crippen LogP contribution in [-0.4, -0.2) is 61.4 Å². The maximum absolute atomic E-state index is 13.0. The molecule has 21 heavy (non-hydrogen) atoms. The van der Waals surface area contributed by atoms with E-state index in [0.29, 0.717) is 45.1 Å². The third-order valence-corrected chi connectivity index (χ3v) is 4.83. The molecule has 2 fully saturated rings. The topological polar surface area (TPSA) is 97.4 Å². The average Bonchev–Trinajstić information content (AvgIpc) is 2.54. The minimum atomic E-state index is -0.939. The summed E-state index contributed by atoms with van der Waals surface area (Å²) in [5, 5.41) is 12.2. The lowest BCUT2D eigenvalue weighted by molar-refractivity contribution is -0.147. The maximum Gasteiger partial charge on any atom is 0.236 e. The molecule has 3 N–H and O–H groups in total. The molecular weight excluding hydrogens is 274 g/mol. The SMILES string of the molecule is COC1CN(C(=O)C2(C(N)=NO)CCOCC2)CCC1C. The molecule has 0 aliphatic carbocycles. The fraction of sp³-hybridized carbons (Fsp3) is 0.857. The Morgan fingerprint density at radius 1 is 1.48 bits per heavy atom. The van der Waals surface area contributed by atoms with Crippen molar-refractivity contribution < 1.29 is 19.5 Å². The molecule has 2 atom stereocenters. The maximum atomic E-state index is 13.0. The van der Waals surface area contributed by atoms with Crippen LogP contribution in [0.3, 0.4) is 0 Å². The van der Waals surface area contributed by atoms with Crippen molar-refractivity contribution >= 4 is 11.7 Å². The minimum Gasteiger partial charge on any atom is -0.409 e. The molecule has 7 nitrogen and oxygen atoms in total. The van der Waals surface area contributed by atoms with Crippen molar-refractivity contribution in [2.24, 2.45) is 22.2 Å². The number of hydrogen-bond donors (Lipinski definition) is 2. The van der Waals surface area contributed by atoms with Crippen LogP contribution >= 0.6 is 0 Å². The standard InChI is InChI=1S/C14H25N3O4/c1-10-3-6-17(9-11(10)20-2)13(18)14(12(15)16-19)4-7-21-8-5-14/h10-11,19H,3-9H2,1-2H3,(H2,15,16). The number of nitrogens with two attached hydrogens (primary N) is 1. The predicted molar refractivity (Wildman–Crippen MR) is 77.1 cm³/mol. The van der Waals surface area contributed by atoms with E-state index in [9.17, 15) is 4.79 Å². The number of methoxy groups -OCH3 is 1. The summed E-state index contributed by atoms with van der Waals surface area (Å²) in [5.74, 6) is 0.340.